The quantitative estimate of drug-likeness (QED) is 0.683. The molecule has 1 N–H and O–H groups in total. The Morgan fingerprint density at radius 2 is 1.73 bits per heavy atom. The molecule has 0 radical (unpaired) electrons. The second-order valence-corrected chi connectivity index (χ2v) is 6.09. The summed E-state index contributed by atoms with van der Waals surface area (Å²) in [6.07, 6.45) is 4.29. The third kappa shape index (κ3) is 2.16. The maximum absolute atomic E-state index is 8.69. The molecule has 0 bridgehead atoms. The van der Waals surface area contributed by atoms with Crippen molar-refractivity contribution in [2.24, 2.45) is 0 Å². The predicted octanol–water partition coefficient (Wildman–Crippen LogP) is 4.59. The van der Waals surface area contributed by atoms with Crippen molar-refractivity contribution < 1.29 is 0 Å². The Hall–Kier alpha value is -2.35. The van der Waals surface area contributed by atoms with Crippen LogP contribution >= 0.6 is 0 Å². The fourth-order valence-corrected chi connectivity index (χ4v) is 3.66. The fourth-order valence-electron chi connectivity index (χ4n) is 3.66. The van der Waals surface area contributed by atoms with Crippen molar-refractivity contribution in [1.29, 1.82) is 5.41 Å². The summed E-state index contributed by atoms with van der Waals surface area (Å²) in [5.41, 5.74) is 5.81. The first-order valence-corrected chi connectivity index (χ1v) is 8.06. The Kier molecular flexibility index (Phi) is 3.30. The molecule has 0 saturated carbocycles. The highest BCUT2D eigenvalue weighted by Crippen LogP contribution is 2.31. The molecule has 0 amide bonds. The third-order valence-electron chi connectivity index (χ3n) is 4.65. The van der Waals surface area contributed by atoms with Crippen LogP contribution in [0, 0.1) is 5.41 Å². The van der Waals surface area contributed by atoms with Gasteiger partial charge in [-0.3, -0.25) is 0 Å². The molecule has 22 heavy (non-hydrogen) atoms. The number of benzene rings is 2. The number of nitrogens with one attached hydrogen (secondary N) is 1. The normalized spacial score (nSPS) is 14.0. The minimum Gasteiger partial charge on any atom is -0.344 e. The Labute approximate surface area is 130 Å². The van der Waals surface area contributed by atoms with Crippen LogP contribution in [0.1, 0.15) is 29.7 Å². The zero-order chi connectivity index (χ0) is 14.9. The average molecular weight is 288 g/mol. The van der Waals surface area contributed by atoms with Gasteiger partial charge in [-0.05, 0) is 30.9 Å². The lowest BCUT2D eigenvalue weighted by Crippen LogP contribution is -2.13. The number of hydrogen-bond donors (Lipinski definition) is 1. The van der Waals surface area contributed by atoms with Crippen LogP contribution in [0.25, 0.3) is 10.9 Å². The highest BCUT2D eigenvalue weighted by atomic mass is 15.0. The van der Waals surface area contributed by atoms with Crippen molar-refractivity contribution in [3.63, 3.8) is 0 Å². The molecule has 2 nitrogen and oxygen atoms in total. The predicted molar refractivity (Wildman–Crippen MR) is 91.9 cm³/mol. The van der Waals surface area contributed by atoms with Crippen LogP contribution in [0.5, 0.6) is 0 Å². The van der Waals surface area contributed by atoms with E-state index in [2.05, 4.69) is 53.1 Å². The molecule has 1 aliphatic rings. The summed E-state index contributed by atoms with van der Waals surface area (Å²) in [6, 6.07) is 18.9. The van der Waals surface area contributed by atoms with E-state index < -0.39 is 0 Å². The number of aromatic nitrogens is 1. The smallest absolute Gasteiger partial charge is 0.0489 e. The van der Waals surface area contributed by atoms with Gasteiger partial charge in [0, 0.05) is 40.8 Å². The lowest BCUT2D eigenvalue weighted by atomic mass is 9.97. The molecule has 0 unspecified atom stereocenters. The van der Waals surface area contributed by atoms with E-state index in [0.717, 1.165) is 18.7 Å². The van der Waals surface area contributed by atoms with Crippen molar-refractivity contribution in [3.05, 3.63) is 71.4 Å². The van der Waals surface area contributed by atoms with Crippen LogP contribution in [0.3, 0.4) is 0 Å². The zero-order valence-corrected chi connectivity index (χ0v) is 12.7. The van der Waals surface area contributed by atoms with Gasteiger partial charge in [0.05, 0.1) is 0 Å². The summed E-state index contributed by atoms with van der Waals surface area (Å²) < 4.78 is 2.44. The van der Waals surface area contributed by atoms with Gasteiger partial charge < -0.3 is 9.98 Å². The fraction of sp³-hybridized carbons (Fsp3) is 0.250. The van der Waals surface area contributed by atoms with E-state index in [1.165, 1.54) is 40.6 Å². The molecule has 0 saturated heterocycles. The SMILES string of the molecule is N=C(Cc1ccccc1)c1c2n(c3ccccc13)CCCC2. The van der Waals surface area contributed by atoms with E-state index in [4.69, 9.17) is 5.41 Å². The summed E-state index contributed by atoms with van der Waals surface area (Å²) >= 11 is 0. The molecule has 0 aliphatic carbocycles. The Balaban J connectivity index is 1.82. The van der Waals surface area contributed by atoms with Gasteiger partial charge in [-0.1, -0.05) is 48.5 Å². The van der Waals surface area contributed by atoms with Gasteiger partial charge in [0.2, 0.25) is 0 Å². The minimum absolute atomic E-state index is 0.710. The summed E-state index contributed by atoms with van der Waals surface area (Å²) in [7, 11) is 0. The maximum Gasteiger partial charge on any atom is 0.0489 e. The molecule has 2 heterocycles. The van der Waals surface area contributed by atoms with Crippen LogP contribution in [0.4, 0.5) is 0 Å². The summed E-state index contributed by atoms with van der Waals surface area (Å²) in [4.78, 5) is 0. The summed E-state index contributed by atoms with van der Waals surface area (Å²) in [5.74, 6) is 0. The second-order valence-electron chi connectivity index (χ2n) is 6.09. The van der Waals surface area contributed by atoms with Crippen LogP contribution in [0.15, 0.2) is 54.6 Å². The van der Waals surface area contributed by atoms with E-state index in [9.17, 15) is 0 Å². The molecule has 2 aromatic carbocycles. The van der Waals surface area contributed by atoms with Gasteiger partial charge in [-0.2, -0.15) is 0 Å². The Bertz CT molecular complexity index is 828. The molecular formula is C20H20N2. The lowest BCUT2D eigenvalue weighted by Gasteiger charge is -2.17. The molecule has 3 aromatic rings. The van der Waals surface area contributed by atoms with E-state index in [0.29, 0.717) is 6.42 Å². The van der Waals surface area contributed by atoms with Crippen LogP contribution in [0.2, 0.25) is 0 Å². The van der Waals surface area contributed by atoms with Gasteiger partial charge in [0.1, 0.15) is 0 Å². The standard InChI is InChI=1S/C20H20N2/c21-17(14-15-8-2-1-3-9-15)20-16-10-4-5-11-18(16)22-13-7-6-12-19(20)22/h1-5,8-11,21H,6-7,12-14H2. The van der Waals surface area contributed by atoms with E-state index in [1.807, 2.05) is 6.07 Å². The summed E-state index contributed by atoms with van der Waals surface area (Å²) in [5, 5.41) is 9.94. The maximum atomic E-state index is 8.69. The molecule has 2 heteroatoms. The van der Waals surface area contributed by atoms with E-state index in [-0.39, 0.29) is 0 Å². The first-order chi connectivity index (χ1) is 10.8. The monoisotopic (exact) mass is 288 g/mol. The van der Waals surface area contributed by atoms with Crippen molar-refractivity contribution in [1.82, 2.24) is 4.57 Å². The van der Waals surface area contributed by atoms with E-state index in [1.54, 1.807) is 0 Å². The van der Waals surface area contributed by atoms with Gasteiger partial charge in [-0.15, -0.1) is 0 Å². The average Bonchev–Trinajstić information content (AvgIpc) is 2.90. The minimum atomic E-state index is 0.710. The number of para-hydroxylation sites is 1. The third-order valence-corrected chi connectivity index (χ3v) is 4.65. The van der Waals surface area contributed by atoms with Gasteiger partial charge in [0.15, 0.2) is 0 Å². The van der Waals surface area contributed by atoms with Gasteiger partial charge in [0.25, 0.3) is 0 Å². The second kappa shape index (κ2) is 5.45. The molecule has 110 valence electrons. The van der Waals surface area contributed by atoms with Crippen molar-refractivity contribution in [2.75, 3.05) is 0 Å². The van der Waals surface area contributed by atoms with Crippen LogP contribution in [-0.2, 0) is 19.4 Å². The molecule has 0 atom stereocenters. The molecule has 0 fully saturated rings. The zero-order valence-electron chi connectivity index (χ0n) is 12.7. The Morgan fingerprint density at radius 1 is 0.955 bits per heavy atom. The van der Waals surface area contributed by atoms with Crippen molar-refractivity contribution in [3.8, 4) is 0 Å². The number of rotatable bonds is 3. The summed E-state index contributed by atoms with van der Waals surface area (Å²) in [6.45, 7) is 1.09. The number of nitrogens with zero attached hydrogens (tertiary/aromatic N) is 1. The number of hydrogen-bond acceptors (Lipinski definition) is 1. The molecule has 4 rings (SSSR count). The number of aryl methyl sites for hydroxylation is 1. The van der Waals surface area contributed by atoms with E-state index >= 15 is 0 Å². The van der Waals surface area contributed by atoms with Crippen LogP contribution in [-0.4, -0.2) is 10.3 Å². The number of fused-ring (bicyclic) bond motifs is 3. The highest BCUT2D eigenvalue weighted by molar-refractivity contribution is 6.11. The largest absolute Gasteiger partial charge is 0.344 e. The molecule has 1 aliphatic heterocycles. The molecule has 1 aromatic heterocycles. The topological polar surface area (TPSA) is 28.8 Å². The molecule has 0 spiro atoms. The van der Waals surface area contributed by atoms with Gasteiger partial charge in [-0.25, -0.2) is 0 Å². The van der Waals surface area contributed by atoms with Crippen molar-refractivity contribution >= 4 is 16.6 Å². The lowest BCUT2D eigenvalue weighted by molar-refractivity contribution is 0.544. The van der Waals surface area contributed by atoms with Crippen molar-refractivity contribution in [2.45, 2.75) is 32.2 Å². The first-order valence-electron chi connectivity index (χ1n) is 8.06. The highest BCUT2D eigenvalue weighted by Gasteiger charge is 2.21. The first kappa shape index (κ1) is 13.3. The Morgan fingerprint density at radius 3 is 2.59 bits per heavy atom. The van der Waals surface area contributed by atoms with Crippen LogP contribution < -0.4 is 0 Å². The molecular weight excluding hydrogens is 268 g/mol. The van der Waals surface area contributed by atoms with Gasteiger partial charge >= 0.3 is 0 Å².